The van der Waals surface area contributed by atoms with E-state index in [1.165, 1.54) is 19.3 Å². The molecular formula is C12H24N2O. The molecule has 0 spiro atoms. The van der Waals surface area contributed by atoms with E-state index < -0.39 is 0 Å². The molecule has 0 aromatic rings. The summed E-state index contributed by atoms with van der Waals surface area (Å²) in [7, 11) is 0. The van der Waals surface area contributed by atoms with Crippen LogP contribution in [0, 0.1) is 0 Å². The molecule has 1 fully saturated rings. The van der Waals surface area contributed by atoms with Crippen LogP contribution in [-0.2, 0) is 4.79 Å². The van der Waals surface area contributed by atoms with Gasteiger partial charge < -0.3 is 11.1 Å². The van der Waals surface area contributed by atoms with Gasteiger partial charge in [0.05, 0.1) is 0 Å². The van der Waals surface area contributed by atoms with Crippen LogP contribution < -0.4 is 11.1 Å². The molecule has 0 saturated heterocycles. The van der Waals surface area contributed by atoms with E-state index in [2.05, 4.69) is 12.2 Å². The predicted octanol–water partition coefficient (Wildman–Crippen LogP) is 1.95. The van der Waals surface area contributed by atoms with Crippen LogP contribution in [0.25, 0.3) is 0 Å². The Balaban J connectivity index is 2.23. The van der Waals surface area contributed by atoms with Gasteiger partial charge in [0.2, 0.25) is 5.91 Å². The van der Waals surface area contributed by atoms with Gasteiger partial charge in [0.15, 0.2) is 0 Å². The lowest BCUT2D eigenvalue weighted by atomic mass is 9.80. The Morgan fingerprint density at radius 3 is 2.60 bits per heavy atom. The van der Waals surface area contributed by atoms with Gasteiger partial charge in [-0.25, -0.2) is 0 Å². The second-order valence-electron chi connectivity index (χ2n) is 4.80. The molecule has 3 nitrogen and oxygen atoms in total. The van der Waals surface area contributed by atoms with E-state index in [-0.39, 0.29) is 11.4 Å². The van der Waals surface area contributed by atoms with E-state index in [4.69, 9.17) is 5.73 Å². The Bertz CT molecular complexity index is 198. The van der Waals surface area contributed by atoms with Gasteiger partial charge in [-0.05, 0) is 19.3 Å². The Kier molecular flexibility index (Phi) is 5.09. The normalized spacial score (nSPS) is 19.9. The van der Waals surface area contributed by atoms with Gasteiger partial charge in [0.25, 0.3) is 0 Å². The van der Waals surface area contributed by atoms with E-state index >= 15 is 0 Å². The van der Waals surface area contributed by atoms with Crippen molar-refractivity contribution in [1.29, 1.82) is 0 Å². The number of carbonyl (C=O) groups excluding carboxylic acids is 1. The molecule has 0 bridgehead atoms. The van der Waals surface area contributed by atoms with Crippen LogP contribution in [0.1, 0.15) is 58.3 Å². The molecule has 0 aliphatic heterocycles. The zero-order valence-electron chi connectivity index (χ0n) is 9.85. The zero-order valence-corrected chi connectivity index (χ0v) is 9.85. The van der Waals surface area contributed by atoms with Gasteiger partial charge in [-0.1, -0.05) is 32.6 Å². The van der Waals surface area contributed by atoms with Crippen molar-refractivity contribution < 1.29 is 4.79 Å². The van der Waals surface area contributed by atoms with Crippen molar-refractivity contribution in [3.63, 3.8) is 0 Å². The molecule has 1 rings (SSSR count). The molecule has 0 radical (unpaired) electrons. The highest BCUT2D eigenvalue weighted by molar-refractivity contribution is 5.77. The molecule has 0 aromatic carbocycles. The standard InChI is InChI=1S/C12H24N2O/c1-2-3-9-14-11(15)10-12(13)7-5-4-6-8-12/h2-10,13H2,1H3,(H,14,15). The second-order valence-corrected chi connectivity index (χ2v) is 4.80. The monoisotopic (exact) mass is 212 g/mol. The average Bonchev–Trinajstić information content (AvgIpc) is 2.18. The molecule has 15 heavy (non-hydrogen) atoms. The Morgan fingerprint density at radius 1 is 1.33 bits per heavy atom. The minimum Gasteiger partial charge on any atom is -0.356 e. The van der Waals surface area contributed by atoms with E-state index in [0.717, 1.165) is 32.2 Å². The van der Waals surface area contributed by atoms with E-state index in [0.29, 0.717) is 6.42 Å². The third kappa shape index (κ3) is 4.65. The fourth-order valence-corrected chi connectivity index (χ4v) is 2.22. The fraction of sp³-hybridized carbons (Fsp3) is 0.917. The van der Waals surface area contributed by atoms with Crippen LogP contribution in [0.15, 0.2) is 0 Å². The van der Waals surface area contributed by atoms with Crippen molar-refractivity contribution in [2.45, 2.75) is 63.8 Å². The summed E-state index contributed by atoms with van der Waals surface area (Å²) in [6, 6.07) is 0. The van der Waals surface area contributed by atoms with Crippen LogP contribution in [-0.4, -0.2) is 18.0 Å². The first-order valence-electron chi connectivity index (χ1n) is 6.22. The summed E-state index contributed by atoms with van der Waals surface area (Å²) in [5, 5.41) is 2.94. The lowest BCUT2D eigenvalue weighted by Gasteiger charge is -2.32. The number of rotatable bonds is 5. The minimum atomic E-state index is -0.214. The zero-order chi connectivity index (χ0) is 11.1. The van der Waals surface area contributed by atoms with Crippen LogP contribution >= 0.6 is 0 Å². The van der Waals surface area contributed by atoms with E-state index in [9.17, 15) is 4.79 Å². The number of carbonyl (C=O) groups is 1. The van der Waals surface area contributed by atoms with Crippen molar-refractivity contribution in [3.05, 3.63) is 0 Å². The van der Waals surface area contributed by atoms with E-state index in [1.54, 1.807) is 0 Å². The largest absolute Gasteiger partial charge is 0.356 e. The molecule has 3 heteroatoms. The van der Waals surface area contributed by atoms with Crippen molar-refractivity contribution in [2.24, 2.45) is 5.73 Å². The summed E-state index contributed by atoms with van der Waals surface area (Å²) in [5.74, 6) is 0.132. The van der Waals surface area contributed by atoms with E-state index in [1.807, 2.05) is 0 Å². The molecule has 1 amide bonds. The highest BCUT2D eigenvalue weighted by Gasteiger charge is 2.29. The number of hydrogen-bond acceptors (Lipinski definition) is 2. The van der Waals surface area contributed by atoms with Crippen LogP contribution in [0.4, 0.5) is 0 Å². The Labute approximate surface area is 92.8 Å². The lowest BCUT2D eigenvalue weighted by molar-refractivity contribution is -0.122. The van der Waals surface area contributed by atoms with Crippen LogP contribution in [0.3, 0.4) is 0 Å². The van der Waals surface area contributed by atoms with Crippen molar-refractivity contribution >= 4 is 5.91 Å². The second kappa shape index (κ2) is 6.11. The number of unbranched alkanes of at least 4 members (excludes halogenated alkanes) is 1. The smallest absolute Gasteiger partial charge is 0.221 e. The van der Waals surface area contributed by atoms with Crippen molar-refractivity contribution in [1.82, 2.24) is 5.32 Å². The van der Waals surface area contributed by atoms with Gasteiger partial charge >= 0.3 is 0 Å². The summed E-state index contributed by atoms with van der Waals surface area (Å²) < 4.78 is 0. The highest BCUT2D eigenvalue weighted by Crippen LogP contribution is 2.28. The number of hydrogen-bond donors (Lipinski definition) is 2. The molecular weight excluding hydrogens is 188 g/mol. The molecule has 3 N–H and O–H groups in total. The topological polar surface area (TPSA) is 55.1 Å². The average molecular weight is 212 g/mol. The third-order valence-corrected chi connectivity index (χ3v) is 3.21. The van der Waals surface area contributed by atoms with Gasteiger partial charge in [-0.2, -0.15) is 0 Å². The molecule has 1 aliphatic rings. The van der Waals surface area contributed by atoms with Gasteiger partial charge in [-0.3, -0.25) is 4.79 Å². The number of amides is 1. The first kappa shape index (κ1) is 12.5. The van der Waals surface area contributed by atoms with Gasteiger partial charge in [0, 0.05) is 18.5 Å². The number of nitrogens with one attached hydrogen (secondary N) is 1. The van der Waals surface area contributed by atoms with Crippen molar-refractivity contribution in [3.8, 4) is 0 Å². The maximum atomic E-state index is 11.6. The Hall–Kier alpha value is -0.570. The Morgan fingerprint density at radius 2 is 2.00 bits per heavy atom. The molecule has 0 heterocycles. The summed E-state index contributed by atoms with van der Waals surface area (Å²) >= 11 is 0. The summed E-state index contributed by atoms with van der Waals surface area (Å²) in [5.41, 5.74) is 5.99. The molecule has 88 valence electrons. The number of nitrogens with two attached hydrogens (primary N) is 1. The maximum Gasteiger partial charge on any atom is 0.221 e. The summed E-state index contributed by atoms with van der Waals surface area (Å²) in [6.45, 7) is 2.92. The van der Waals surface area contributed by atoms with Gasteiger partial charge in [-0.15, -0.1) is 0 Å². The lowest BCUT2D eigenvalue weighted by Crippen LogP contribution is -2.46. The molecule has 1 saturated carbocycles. The summed E-state index contributed by atoms with van der Waals surface area (Å²) in [4.78, 5) is 11.6. The predicted molar refractivity (Wildman–Crippen MR) is 62.5 cm³/mol. The van der Waals surface area contributed by atoms with Gasteiger partial charge in [0.1, 0.15) is 0 Å². The molecule has 0 atom stereocenters. The third-order valence-electron chi connectivity index (χ3n) is 3.21. The SMILES string of the molecule is CCCCNC(=O)CC1(N)CCCCC1. The van der Waals surface area contributed by atoms with Crippen LogP contribution in [0.5, 0.6) is 0 Å². The summed E-state index contributed by atoms with van der Waals surface area (Å²) in [6.07, 6.45) is 8.34. The van der Waals surface area contributed by atoms with Crippen LogP contribution in [0.2, 0.25) is 0 Å². The highest BCUT2D eigenvalue weighted by atomic mass is 16.1. The fourth-order valence-electron chi connectivity index (χ4n) is 2.22. The quantitative estimate of drug-likeness (QED) is 0.684. The van der Waals surface area contributed by atoms with Crippen molar-refractivity contribution in [2.75, 3.05) is 6.54 Å². The maximum absolute atomic E-state index is 11.6. The minimum absolute atomic E-state index is 0.132. The first-order valence-corrected chi connectivity index (χ1v) is 6.22. The first-order chi connectivity index (χ1) is 7.16. The molecule has 0 aromatic heterocycles. The molecule has 0 unspecified atom stereocenters. The molecule has 1 aliphatic carbocycles.